The van der Waals surface area contributed by atoms with Gasteiger partial charge in [0.05, 0.1) is 85.3 Å². The zero-order valence-corrected chi connectivity index (χ0v) is 33.5. The van der Waals surface area contributed by atoms with Gasteiger partial charge in [-0.15, -0.1) is 0 Å². The molecule has 0 spiro atoms. The predicted octanol–water partition coefficient (Wildman–Crippen LogP) is 7.61. The van der Waals surface area contributed by atoms with Crippen LogP contribution in [0, 0.1) is 5.92 Å². The van der Waals surface area contributed by atoms with E-state index in [4.69, 9.17) is 56.8 Å². The highest BCUT2D eigenvalue weighted by atomic mass is 16.5. The Morgan fingerprint density at radius 3 is 0.907 bits per heavy atom. The fourth-order valence-electron chi connectivity index (χ4n) is 7.01. The molecule has 0 heterocycles. The number of benzene rings is 4. The third-order valence-electron chi connectivity index (χ3n) is 9.62. The van der Waals surface area contributed by atoms with Crippen LogP contribution in [0.15, 0.2) is 48.5 Å². The van der Waals surface area contributed by atoms with Gasteiger partial charge in [-0.25, -0.2) is 0 Å². The summed E-state index contributed by atoms with van der Waals surface area (Å²) in [4.78, 5) is 0. The molecular weight excluding hydrogens is 696 g/mol. The van der Waals surface area contributed by atoms with E-state index in [1.807, 2.05) is 48.5 Å². The molecule has 4 rings (SSSR count). The molecule has 0 radical (unpaired) electrons. The van der Waals surface area contributed by atoms with E-state index in [-0.39, 0.29) is 11.8 Å². The van der Waals surface area contributed by atoms with Gasteiger partial charge in [0.1, 0.15) is 0 Å². The van der Waals surface area contributed by atoms with Crippen LogP contribution in [0.4, 0.5) is 0 Å². The van der Waals surface area contributed by atoms with Crippen molar-refractivity contribution in [2.75, 3.05) is 85.3 Å². The molecule has 2 atom stereocenters. The summed E-state index contributed by atoms with van der Waals surface area (Å²) in [6, 6.07) is 16.0. The third kappa shape index (κ3) is 8.98. The van der Waals surface area contributed by atoms with Crippen molar-refractivity contribution in [3.8, 4) is 69.0 Å². The van der Waals surface area contributed by atoms with Crippen LogP contribution in [0.1, 0.15) is 34.6 Å². The fourth-order valence-corrected chi connectivity index (χ4v) is 7.01. The van der Waals surface area contributed by atoms with Gasteiger partial charge in [0, 0.05) is 0 Å². The van der Waals surface area contributed by atoms with Crippen molar-refractivity contribution in [2.45, 2.75) is 31.6 Å². The normalized spacial score (nSPS) is 11.9. The molecule has 0 aliphatic rings. The van der Waals surface area contributed by atoms with E-state index in [9.17, 15) is 0 Å². The molecule has 0 aromatic heterocycles. The van der Waals surface area contributed by atoms with Gasteiger partial charge in [0.15, 0.2) is 46.0 Å². The summed E-state index contributed by atoms with van der Waals surface area (Å²) in [5, 5.41) is 0. The Morgan fingerprint density at radius 1 is 0.333 bits per heavy atom. The summed E-state index contributed by atoms with van der Waals surface area (Å²) in [5.41, 5.74) is 3.99. The Bertz CT molecular complexity index is 1740. The van der Waals surface area contributed by atoms with Crippen molar-refractivity contribution in [3.05, 3.63) is 70.8 Å². The van der Waals surface area contributed by atoms with Gasteiger partial charge in [0.25, 0.3) is 0 Å². The highest BCUT2D eigenvalue weighted by molar-refractivity contribution is 5.58. The maximum absolute atomic E-state index is 5.86. The quantitative estimate of drug-likeness (QED) is 0.0836. The monoisotopic (exact) mass is 750 g/mol. The Balaban J connectivity index is 1.97. The Hall–Kier alpha value is -5.52. The van der Waals surface area contributed by atoms with Gasteiger partial charge in [-0.1, -0.05) is 0 Å². The lowest BCUT2D eigenvalue weighted by Crippen LogP contribution is -2.20. The van der Waals surface area contributed by atoms with Crippen molar-refractivity contribution in [2.24, 2.45) is 5.92 Å². The lowest BCUT2D eigenvalue weighted by atomic mass is 9.75. The Morgan fingerprint density at radius 2 is 0.611 bits per heavy atom. The zero-order chi connectivity index (χ0) is 39.4. The van der Waals surface area contributed by atoms with Crippen LogP contribution in [-0.4, -0.2) is 85.3 Å². The molecule has 0 N–H and O–H groups in total. The van der Waals surface area contributed by atoms with E-state index >= 15 is 0 Å². The molecular formula is C42H54O12. The predicted molar refractivity (Wildman–Crippen MR) is 206 cm³/mol. The number of ether oxygens (including phenoxy) is 12. The minimum Gasteiger partial charge on any atom is -0.493 e. The maximum Gasteiger partial charge on any atom is 0.203 e. The lowest BCUT2D eigenvalue weighted by Gasteiger charge is -2.30. The molecule has 0 amide bonds. The van der Waals surface area contributed by atoms with Crippen LogP contribution in [-0.2, 0) is 19.3 Å². The Labute approximate surface area is 319 Å². The summed E-state index contributed by atoms with van der Waals surface area (Å²) in [7, 11) is 19.3. The van der Waals surface area contributed by atoms with E-state index < -0.39 is 0 Å². The van der Waals surface area contributed by atoms with Crippen molar-refractivity contribution in [3.63, 3.8) is 0 Å². The molecule has 4 aromatic rings. The minimum absolute atomic E-state index is 0.00574. The molecule has 0 bridgehead atoms. The first kappa shape index (κ1) is 41.2. The van der Waals surface area contributed by atoms with Crippen molar-refractivity contribution < 1.29 is 56.8 Å². The lowest BCUT2D eigenvalue weighted by molar-refractivity contribution is 0.318. The molecule has 4 aromatic carbocycles. The molecule has 0 saturated carbocycles. The molecule has 0 aliphatic carbocycles. The van der Waals surface area contributed by atoms with Gasteiger partial charge in [-0.3, -0.25) is 0 Å². The van der Waals surface area contributed by atoms with Crippen LogP contribution >= 0.6 is 0 Å². The largest absolute Gasteiger partial charge is 0.493 e. The molecule has 0 unspecified atom stereocenters. The van der Waals surface area contributed by atoms with E-state index in [0.29, 0.717) is 88.3 Å². The van der Waals surface area contributed by atoms with E-state index in [1.165, 1.54) is 0 Å². The van der Waals surface area contributed by atoms with Crippen molar-refractivity contribution >= 4 is 0 Å². The van der Waals surface area contributed by atoms with Crippen LogP contribution in [0.3, 0.4) is 0 Å². The van der Waals surface area contributed by atoms with Crippen LogP contribution in [0.2, 0.25) is 0 Å². The average molecular weight is 751 g/mol. The van der Waals surface area contributed by atoms with Crippen LogP contribution in [0.5, 0.6) is 69.0 Å². The van der Waals surface area contributed by atoms with Gasteiger partial charge in [-0.2, -0.15) is 0 Å². The molecule has 294 valence electrons. The molecule has 0 aliphatic heterocycles. The van der Waals surface area contributed by atoms with Gasteiger partial charge >= 0.3 is 0 Å². The third-order valence-corrected chi connectivity index (χ3v) is 9.62. The zero-order valence-electron chi connectivity index (χ0n) is 33.5. The maximum atomic E-state index is 5.86. The fraction of sp³-hybridized carbons (Fsp3) is 0.429. The summed E-state index contributed by atoms with van der Waals surface area (Å²) >= 11 is 0. The molecule has 54 heavy (non-hydrogen) atoms. The van der Waals surface area contributed by atoms with E-state index in [0.717, 1.165) is 28.7 Å². The molecule has 0 saturated heterocycles. The topological polar surface area (TPSA) is 111 Å². The van der Waals surface area contributed by atoms with Crippen LogP contribution < -0.4 is 56.8 Å². The summed E-state index contributed by atoms with van der Waals surface area (Å²) in [6.45, 7) is 0. The van der Waals surface area contributed by atoms with Crippen molar-refractivity contribution in [1.29, 1.82) is 0 Å². The van der Waals surface area contributed by atoms with Gasteiger partial charge < -0.3 is 56.8 Å². The van der Waals surface area contributed by atoms with Crippen LogP contribution in [0.25, 0.3) is 0 Å². The SMILES string of the molecule is COc1cc(CC[C@H](Cc2cc(OC)c(OC)c(OC)c2)[C@@H](Cc2cc(OC)c(OC)c(OC)c2)c2cc(OC)c(OC)c(OC)c2)cc(OC)c1OC. The average Bonchev–Trinajstić information content (AvgIpc) is 3.22. The first-order chi connectivity index (χ1) is 26.2. The summed E-state index contributed by atoms with van der Waals surface area (Å²) < 4.78 is 68.9. The second-order valence-electron chi connectivity index (χ2n) is 12.4. The van der Waals surface area contributed by atoms with Gasteiger partial charge in [-0.05, 0) is 108 Å². The van der Waals surface area contributed by atoms with Crippen molar-refractivity contribution in [1.82, 2.24) is 0 Å². The molecule has 12 heteroatoms. The number of hydrogen-bond donors (Lipinski definition) is 0. The Kier molecular flexibility index (Phi) is 14.9. The number of methoxy groups -OCH3 is 12. The van der Waals surface area contributed by atoms with E-state index in [2.05, 4.69) is 0 Å². The smallest absolute Gasteiger partial charge is 0.203 e. The van der Waals surface area contributed by atoms with E-state index in [1.54, 1.807) is 85.3 Å². The minimum atomic E-state index is -0.123. The highest BCUT2D eigenvalue weighted by Crippen LogP contribution is 2.47. The number of aryl methyl sites for hydroxylation is 1. The summed E-state index contributed by atoms with van der Waals surface area (Å²) in [6.07, 6.45) is 2.63. The second-order valence-corrected chi connectivity index (χ2v) is 12.4. The first-order valence-electron chi connectivity index (χ1n) is 17.4. The van der Waals surface area contributed by atoms with Gasteiger partial charge in [0.2, 0.25) is 23.0 Å². The second kappa shape index (κ2) is 19.5. The highest BCUT2D eigenvalue weighted by Gasteiger charge is 2.29. The molecule has 12 nitrogen and oxygen atoms in total. The molecule has 0 fully saturated rings. The first-order valence-corrected chi connectivity index (χ1v) is 17.4. The number of hydrogen-bond acceptors (Lipinski definition) is 12. The summed E-state index contributed by atoms with van der Waals surface area (Å²) in [5.74, 6) is 6.52. The standard InChI is InChI=1S/C42H54O12/c1-43-31-17-25(18-32(44-2)39(31)51-9)13-14-28(15-26-19-33(45-3)40(52-10)34(20-26)46-4)30(29-23-37(49-7)42(54-12)38(24-29)50-8)16-27-21-35(47-5)41(53-11)36(22-27)48-6/h17-24,28,30H,13-16H2,1-12H3/t28-,30-/m1/s1. The number of rotatable bonds is 21.